The molecule has 4 aromatic rings. The van der Waals surface area contributed by atoms with Crippen molar-refractivity contribution in [2.45, 2.75) is 6.92 Å². The molecule has 0 unspecified atom stereocenters. The van der Waals surface area contributed by atoms with E-state index in [-0.39, 0.29) is 29.8 Å². The van der Waals surface area contributed by atoms with Gasteiger partial charge in [-0.15, -0.1) is 0 Å². The van der Waals surface area contributed by atoms with E-state index in [0.717, 1.165) is 11.3 Å². The summed E-state index contributed by atoms with van der Waals surface area (Å²) in [6.45, 7) is 4.39. The Balaban J connectivity index is 1.33. The fraction of sp³-hybridized carbons (Fsp3) is 0.207. The third-order valence-electron chi connectivity index (χ3n) is 6.45. The van der Waals surface area contributed by atoms with E-state index in [2.05, 4.69) is 10.00 Å². The average Bonchev–Trinajstić information content (AvgIpc) is 3.40. The Morgan fingerprint density at radius 3 is 2.00 bits per heavy atom. The zero-order valence-corrected chi connectivity index (χ0v) is 20.8. The highest BCUT2D eigenvalue weighted by Gasteiger charge is 2.23. The standard InChI is InChI=1S/C29H26F2N4O3/c1-2-38-29(37)26-19-27(35(32-26)25-13-9-23(31)10-14-25)20-5-11-24(12-6-20)33-15-17-34(18-16-33)28(36)21-3-7-22(30)8-4-21/h3-14,19H,2,15-18H2,1H3. The molecule has 9 heteroatoms. The van der Waals surface area contributed by atoms with E-state index in [4.69, 9.17) is 4.74 Å². The first-order valence-electron chi connectivity index (χ1n) is 12.4. The van der Waals surface area contributed by atoms with Crippen molar-refractivity contribution in [1.82, 2.24) is 14.7 Å². The van der Waals surface area contributed by atoms with Gasteiger partial charge in [-0.2, -0.15) is 5.10 Å². The van der Waals surface area contributed by atoms with E-state index in [0.29, 0.717) is 43.1 Å². The van der Waals surface area contributed by atoms with Crippen LogP contribution in [0.15, 0.2) is 78.9 Å². The Kier molecular flexibility index (Phi) is 7.17. The van der Waals surface area contributed by atoms with Crippen molar-refractivity contribution in [1.29, 1.82) is 0 Å². The van der Waals surface area contributed by atoms with Gasteiger partial charge in [-0.1, -0.05) is 12.1 Å². The maximum Gasteiger partial charge on any atom is 0.358 e. The van der Waals surface area contributed by atoms with Crippen molar-refractivity contribution >= 4 is 17.6 Å². The van der Waals surface area contributed by atoms with Crippen molar-refractivity contribution in [3.8, 4) is 16.9 Å². The number of esters is 1. The van der Waals surface area contributed by atoms with Crippen LogP contribution in [0.4, 0.5) is 14.5 Å². The Morgan fingerprint density at radius 1 is 0.816 bits per heavy atom. The van der Waals surface area contributed by atoms with Gasteiger partial charge in [0, 0.05) is 43.0 Å². The highest BCUT2D eigenvalue weighted by Crippen LogP contribution is 2.28. The van der Waals surface area contributed by atoms with Gasteiger partial charge >= 0.3 is 5.97 Å². The highest BCUT2D eigenvalue weighted by atomic mass is 19.1. The largest absolute Gasteiger partial charge is 0.461 e. The molecule has 2 heterocycles. The molecule has 7 nitrogen and oxygen atoms in total. The molecule has 0 aliphatic carbocycles. The Hall–Kier alpha value is -4.53. The number of hydrogen-bond donors (Lipinski definition) is 0. The molecule has 1 aromatic heterocycles. The number of anilines is 1. The fourth-order valence-corrected chi connectivity index (χ4v) is 4.46. The lowest BCUT2D eigenvalue weighted by atomic mass is 10.1. The van der Waals surface area contributed by atoms with E-state index in [1.54, 1.807) is 34.7 Å². The Morgan fingerprint density at radius 2 is 1.39 bits per heavy atom. The van der Waals surface area contributed by atoms with Gasteiger partial charge in [0.25, 0.3) is 5.91 Å². The molecule has 1 fully saturated rings. The number of amides is 1. The molecule has 3 aromatic carbocycles. The topological polar surface area (TPSA) is 67.7 Å². The lowest BCUT2D eigenvalue weighted by molar-refractivity contribution is 0.0518. The molecule has 1 aliphatic heterocycles. The zero-order valence-electron chi connectivity index (χ0n) is 20.8. The molecule has 0 radical (unpaired) electrons. The second-order valence-corrected chi connectivity index (χ2v) is 8.86. The van der Waals surface area contributed by atoms with E-state index in [1.165, 1.54) is 36.4 Å². The number of ether oxygens (including phenoxy) is 1. The van der Waals surface area contributed by atoms with E-state index in [1.807, 2.05) is 24.3 Å². The van der Waals surface area contributed by atoms with Crippen LogP contribution >= 0.6 is 0 Å². The lowest BCUT2D eigenvalue weighted by Crippen LogP contribution is -2.48. The predicted octanol–water partition coefficient (Wildman–Crippen LogP) is 4.96. The Bertz CT molecular complexity index is 1430. The van der Waals surface area contributed by atoms with Crippen LogP contribution in [0.5, 0.6) is 0 Å². The fourth-order valence-electron chi connectivity index (χ4n) is 4.46. The number of carbonyl (C=O) groups is 2. The van der Waals surface area contributed by atoms with Gasteiger partial charge in [-0.25, -0.2) is 18.3 Å². The number of nitrogens with zero attached hydrogens (tertiary/aromatic N) is 4. The molecule has 0 N–H and O–H groups in total. The van der Waals surface area contributed by atoms with Gasteiger partial charge in [0.15, 0.2) is 5.69 Å². The van der Waals surface area contributed by atoms with E-state index in [9.17, 15) is 18.4 Å². The van der Waals surface area contributed by atoms with Crippen LogP contribution in [-0.4, -0.2) is 59.3 Å². The summed E-state index contributed by atoms with van der Waals surface area (Å²) in [5.41, 5.74) is 3.75. The summed E-state index contributed by atoms with van der Waals surface area (Å²) in [5, 5.41) is 4.42. The number of aromatic nitrogens is 2. The second kappa shape index (κ2) is 10.8. The van der Waals surface area contributed by atoms with Crippen LogP contribution < -0.4 is 4.90 Å². The molecule has 5 rings (SSSR count). The van der Waals surface area contributed by atoms with Gasteiger partial charge in [-0.05, 0) is 73.7 Å². The summed E-state index contributed by atoms with van der Waals surface area (Å²) in [6.07, 6.45) is 0. The van der Waals surface area contributed by atoms with Gasteiger partial charge < -0.3 is 14.5 Å². The third-order valence-corrected chi connectivity index (χ3v) is 6.45. The lowest BCUT2D eigenvalue weighted by Gasteiger charge is -2.36. The number of piperazine rings is 1. The van der Waals surface area contributed by atoms with Crippen LogP contribution in [0.2, 0.25) is 0 Å². The van der Waals surface area contributed by atoms with Crippen LogP contribution in [0.25, 0.3) is 16.9 Å². The Labute approximate surface area is 218 Å². The minimum Gasteiger partial charge on any atom is -0.461 e. The van der Waals surface area contributed by atoms with Crippen LogP contribution in [-0.2, 0) is 4.74 Å². The number of hydrogen-bond acceptors (Lipinski definition) is 5. The van der Waals surface area contributed by atoms with Gasteiger partial charge in [0.05, 0.1) is 18.0 Å². The van der Waals surface area contributed by atoms with Crippen molar-refractivity contribution in [3.05, 3.63) is 102 Å². The molecular formula is C29H26F2N4O3. The summed E-state index contributed by atoms with van der Waals surface area (Å²) < 4.78 is 33.4. The van der Waals surface area contributed by atoms with Crippen molar-refractivity contribution in [2.24, 2.45) is 0 Å². The maximum atomic E-state index is 13.5. The number of carbonyl (C=O) groups excluding carboxylic acids is 2. The maximum absolute atomic E-state index is 13.5. The molecule has 0 spiro atoms. The molecule has 1 aliphatic rings. The second-order valence-electron chi connectivity index (χ2n) is 8.86. The molecule has 0 atom stereocenters. The molecule has 0 bridgehead atoms. The van der Waals surface area contributed by atoms with Gasteiger partial charge in [0.1, 0.15) is 11.6 Å². The molecule has 194 valence electrons. The van der Waals surface area contributed by atoms with Gasteiger partial charge in [-0.3, -0.25) is 4.79 Å². The number of benzene rings is 3. The van der Waals surface area contributed by atoms with Crippen LogP contribution in [0, 0.1) is 11.6 Å². The predicted molar refractivity (Wildman–Crippen MR) is 139 cm³/mol. The smallest absolute Gasteiger partial charge is 0.358 e. The SMILES string of the molecule is CCOC(=O)c1cc(-c2ccc(N3CCN(C(=O)c4ccc(F)cc4)CC3)cc2)n(-c2ccc(F)cc2)n1. The van der Waals surface area contributed by atoms with Crippen molar-refractivity contribution in [3.63, 3.8) is 0 Å². The summed E-state index contributed by atoms with van der Waals surface area (Å²) in [7, 11) is 0. The molecule has 1 amide bonds. The first-order chi connectivity index (χ1) is 18.4. The average molecular weight is 517 g/mol. The summed E-state index contributed by atoms with van der Waals surface area (Å²) in [5.74, 6) is -1.37. The molecule has 1 saturated heterocycles. The summed E-state index contributed by atoms with van der Waals surface area (Å²) in [6, 6.07) is 21.0. The first-order valence-corrected chi connectivity index (χ1v) is 12.4. The van der Waals surface area contributed by atoms with Crippen molar-refractivity contribution < 1.29 is 23.1 Å². The molecule has 38 heavy (non-hydrogen) atoms. The number of halogens is 2. The molecular weight excluding hydrogens is 490 g/mol. The van der Waals surface area contributed by atoms with Gasteiger partial charge in [0.2, 0.25) is 0 Å². The van der Waals surface area contributed by atoms with E-state index < -0.39 is 5.97 Å². The van der Waals surface area contributed by atoms with Crippen LogP contribution in [0.1, 0.15) is 27.8 Å². The number of rotatable bonds is 6. The summed E-state index contributed by atoms with van der Waals surface area (Å²) in [4.78, 5) is 29.1. The summed E-state index contributed by atoms with van der Waals surface area (Å²) >= 11 is 0. The normalized spacial score (nSPS) is 13.4. The molecule has 0 saturated carbocycles. The monoisotopic (exact) mass is 516 g/mol. The zero-order chi connectivity index (χ0) is 26.6. The first kappa shape index (κ1) is 25.1. The van der Waals surface area contributed by atoms with Crippen LogP contribution in [0.3, 0.4) is 0 Å². The van der Waals surface area contributed by atoms with Crippen molar-refractivity contribution in [2.75, 3.05) is 37.7 Å². The minimum absolute atomic E-state index is 0.105. The van der Waals surface area contributed by atoms with E-state index >= 15 is 0 Å². The third kappa shape index (κ3) is 5.27. The quantitative estimate of drug-likeness (QED) is 0.339. The highest BCUT2D eigenvalue weighted by molar-refractivity contribution is 5.94. The minimum atomic E-state index is -0.528.